The van der Waals surface area contributed by atoms with Crippen molar-refractivity contribution in [3.63, 3.8) is 0 Å². The number of urea groups is 1. The van der Waals surface area contributed by atoms with Crippen molar-refractivity contribution in [3.8, 4) is 0 Å². The molecule has 1 fully saturated rings. The summed E-state index contributed by atoms with van der Waals surface area (Å²) < 4.78 is 23.4. The molecule has 0 spiro atoms. The van der Waals surface area contributed by atoms with Crippen molar-refractivity contribution in [2.24, 2.45) is 5.92 Å². The first-order chi connectivity index (χ1) is 13.3. The normalized spacial score (nSPS) is 17.0. The molecule has 1 aliphatic rings. The Bertz CT molecular complexity index is 960. The molecule has 3 amide bonds. The number of anilines is 2. The van der Waals surface area contributed by atoms with Gasteiger partial charge in [0.05, 0.1) is 10.8 Å². The number of hydrogen-bond acceptors (Lipinski definition) is 4. The van der Waals surface area contributed by atoms with Crippen LogP contribution in [0, 0.1) is 5.92 Å². The molecule has 0 aromatic heterocycles. The van der Waals surface area contributed by atoms with E-state index in [0.717, 1.165) is 12.7 Å². The van der Waals surface area contributed by atoms with Gasteiger partial charge in [0, 0.05) is 30.7 Å². The Labute approximate surface area is 164 Å². The van der Waals surface area contributed by atoms with E-state index >= 15 is 0 Å². The van der Waals surface area contributed by atoms with Crippen molar-refractivity contribution >= 4 is 33.2 Å². The van der Waals surface area contributed by atoms with Gasteiger partial charge < -0.3 is 15.5 Å². The van der Waals surface area contributed by atoms with E-state index in [-0.39, 0.29) is 22.8 Å². The number of likely N-dealkylation sites (tertiary alicyclic amines) is 1. The van der Waals surface area contributed by atoms with Crippen LogP contribution in [-0.2, 0) is 14.6 Å². The van der Waals surface area contributed by atoms with Gasteiger partial charge in [-0.05, 0) is 43.2 Å². The summed E-state index contributed by atoms with van der Waals surface area (Å²) in [5.41, 5.74) is 1.13. The Morgan fingerprint density at radius 3 is 2.43 bits per heavy atom. The lowest BCUT2D eigenvalue weighted by Crippen LogP contribution is -2.45. The number of nitrogens with zero attached hydrogens (tertiary/aromatic N) is 1. The number of rotatable bonds is 4. The molecule has 0 radical (unpaired) electrons. The number of carbonyl (C=O) groups is 2. The minimum Gasteiger partial charge on any atom is -0.326 e. The van der Waals surface area contributed by atoms with Crippen LogP contribution >= 0.6 is 0 Å². The van der Waals surface area contributed by atoms with Gasteiger partial charge in [-0.25, -0.2) is 13.2 Å². The molecular weight excluding hydrogens is 378 g/mol. The third kappa shape index (κ3) is 5.10. The summed E-state index contributed by atoms with van der Waals surface area (Å²) in [4.78, 5) is 26.9. The molecule has 8 heteroatoms. The maximum atomic E-state index is 12.6. The molecule has 1 heterocycles. The fourth-order valence-corrected chi connectivity index (χ4v) is 3.82. The van der Waals surface area contributed by atoms with Crippen molar-refractivity contribution in [2.75, 3.05) is 30.0 Å². The van der Waals surface area contributed by atoms with Crippen molar-refractivity contribution in [2.45, 2.75) is 17.7 Å². The van der Waals surface area contributed by atoms with E-state index in [1.54, 1.807) is 29.2 Å². The molecule has 0 aliphatic carbocycles. The monoisotopic (exact) mass is 401 g/mol. The average molecular weight is 401 g/mol. The van der Waals surface area contributed by atoms with Crippen molar-refractivity contribution in [1.82, 2.24) is 4.90 Å². The molecule has 1 aliphatic heterocycles. The van der Waals surface area contributed by atoms with Crippen LogP contribution in [-0.4, -0.2) is 44.6 Å². The SMILES string of the molecule is CS(=O)(=O)c1cccc(NC(=O)[C@H]2CCCN(C(=O)Nc3ccccc3)C2)c1. The smallest absolute Gasteiger partial charge is 0.321 e. The van der Waals surface area contributed by atoms with Crippen LogP contribution in [0.4, 0.5) is 16.2 Å². The van der Waals surface area contributed by atoms with Crippen molar-refractivity contribution in [1.29, 1.82) is 0 Å². The molecule has 2 N–H and O–H groups in total. The summed E-state index contributed by atoms with van der Waals surface area (Å²) in [6.45, 7) is 0.905. The van der Waals surface area contributed by atoms with Gasteiger partial charge >= 0.3 is 6.03 Å². The van der Waals surface area contributed by atoms with Gasteiger partial charge in [0.1, 0.15) is 0 Å². The van der Waals surface area contributed by atoms with Gasteiger partial charge in [0.15, 0.2) is 9.84 Å². The van der Waals surface area contributed by atoms with E-state index in [2.05, 4.69) is 10.6 Å². The number of amides is 3. The van der Waals surface area contributed by atoms with Gasteiger partial charge in [-0.2, -0.15) is 0 Å². The topological polar surface area (TPSA) is 95.6 Å². The number of sulfone groups is 1. The number of carbonyl (C=O) groups excluding carboxylic acids is 2. The highest BCUT2D eigenvalue weighted by atomic mass is 32.2. The third-order valence-corrected chi connectivity index (χ3v) is 5.74. The van der Waals surface area contributed by atoms with Gasteiger partial charge in [-0.15, -0.1) is 0 Å². The third-order valence-electron chi connectivity index (χ3n) is 4.63. The van der Waals surface area contributed by atoms with Crippen LogP contribution in [0.1, 0.15) is 12.8 Å². The Kier molecular flexibility index (Phi) is 5.99. The number of para-hydroxylation sites is 1. The molecule has 2 aromatic carbocycles. The summed E-state index contributed by atoms with van der Waals surface area (Å²) in [7, 11) is -3.35. The lowest BCUT2D eigenvalue weighted by atomic mass is 9.97. The van der Waals surface area contributed by atoms with E-state index < -0.39 is 9.84 Å². The van der Waals surface area contributed by atoms with Gasteiger partial charge in [-0.3, -0.25) is 4.79 Å². The zero-order chi connectivity index (χ0) is 20.1. The lowest BCUT2D eigenvalue weighted by Gasteiger charge is -2.32. The summed E-state index contributed by atoms with van der Waals surface area (Å²) >= 11 is 0. The first-order valence-electron chi connectivity index (χ1n) is 9.05. The zero-order valence-electron chi connectivity index (χ0n) is 15.6. The first-order valence-corrected chi connectivity index (χ1v) is 10.9. The first kappa shape index (κ1) is 19.9. The molecule has 1 atom stereocenters. The molecule has 7 nitrogen and oxygen atoms in total. The van der Waals surface area contributed by atoms with Crippen molar-refractivity contribution < 1.29 is 18.0 Å². The zero-order valence-corrected chi connectivity index (χ0v) is 16.4. The highest BCUT2D eigenvalue weighted by Gasteiger charge is 2.28. The molecule has 3 rings (SSSR count). The number of nitrogens with one attached hydrogen (secondary N) is 2. The molecule has 148 valence electrons. The van der Waals surface area contributed by atoms with Crippen LogP contribution < -0.4 is 10.6 Å². The summed E-state index contributed by atoms with van der Waals surface area (Å²) in [6, 6.07) is 15.1. The summed E-state index contributed by atoms with van der Waals surface area (Å²) in [5, 5.41) is 5.61. The minimum absolute atomic E-state index is 0.151. The number of benzene rings is 2. The maximum absolute atomic E-state index is 12.6. The van der Waals surface area contributed by atoms with Gasteiger partial charge in [0.2, 0.25) is 5.91 Å². The predicted octanol–water partition coefficient (Wildman–Crippen LogP) is 2.97. The van der Waals surface area contributed by atoms with Crippen LogP contribution in [0.25, 0.3) is 0 Å². The largest absolute Gasteiger partial charge is 0.326 e. The molecule has 28 heavy (non-hydrogen) atoms. The van der Waals surface area contributed by atoms with Crippen LogP contribution in [0.2, 0.25) is 0 Å². The number of hydrogen-bond donors (Lipinski definition) is 2. The van der Waals surface area contributed by atoms with E-state index in [4.69, 9.17) is 0 Å². The fraction of sp³-hybridized carbons (Fsp3) is 0.300. The predicted molar refractivity (Wildman–Crippen MR) is 108 cm³/mol. The molecule has 1 saturated heterocycles. The molecular formula is C20H23N3O4S. The molecule has 0 saturated carbocycles. The Hall–Kier alpha value is -2.87. The van der Waals surface area contributed by atoms with E-state index in [1.807, 2.05) is 18.2 Å². The number of piperidine rings is 1. The molecule has 0 unspecified atom stereocenters. The fourth-order valence-electron chi connectivity index (χ4n) is 3.15. The van der Waals surface area contributed by atoms with E-state index in [9.17, 15) is 18.0 Å². The van der Waals surface area contributed by atoms with Crippen molar-refractivity contribution in [3.05, 3.63) is 54.6 Å². The van der Waals surface area contributed by atoms with E-state index in [1.165, 1.54) is 12.1 Å². The summed E-state index contributed by atoms with van der Waals surface area (Å²) in [6.07, 6.45) is 2.52. The van der Waals surface area contributed by atoms with Gasteiger partial charge in [0.25, 0.3) is 0 Å². The molecule has 2 aromatic rings. The second-order valence-electron chi connectivity index (χ2n) is 6.87. The minimum atomic E-state index is -3.35. The lowest BCUT2D eigenvalue weighted by molar-refractivity contribution is -0.121. The van der Waals surface area contributed by atoms with Crippen LogP contribution in [0.3, 0.4) is 0 Å². The molecule has 0 bridgehead atoms. The van der Waals surface area contributed by atoms with Gasteiger partial charge in [-0.1, -0.05) is 24.3 Å². The highest BCUT2D eigenvalue weighted by molar-refractivity contribution is 7.90. The average Bonchev–Trinajstić information content (AvgIpc) is 2.68. The highest BCUT2D eigenvalue weighted by Crippen LogP contribution is 2.21. The summed E-state index contributed by atoms with van der Waals surface area (Å²) in [5.74, 6) is -0.569. The Morgan fingerprint density at radius 1 is 1.00 bits per heavy atom. The Balaban J connectivity index is 1.62. The standard InChI is InChI=1S/C20H23N3O4S/c1-28(26,27)18-11-5-10-17(13-18)21-19(24)15-7-6-12-23(14-15)20(25)22-16-8-3-2-4-9-16/h2-5,8-11,13,15H,6-7,12,14H2,1H3,(H,21,24)(H,22,25)/t15-/m0/s1. The second kappa shape index (κ2) is 8.43. The maximum Gasteiger partial charge on any atom is 0.321 e. The van der Waals surface area contributed by atoms with Crippen LogP contribution in [0.15, 0.2) is 59.5 Å². The van der Waals surface area contributed by atoms with E-state index in [0.29, 0.717) is 30.9 Å². The van der Waals surface area contributed by atoms with Crippen LogP contribution in [0.5, 0.6) is 0 Å². The second-order valence-corrected chi connectivity index (χ2v) is 8.89. The quantitative estimate of drug-likeness (QED) is 0.823. The Morgan fingerprint density at radius 2 is 1.71 bits per heavy atom.